The number of nitrogens with zero attached hydrogens (tertiary/aromatic N) is 3. The van der Waals surface area contributed by atoms with Gasteiger partial charge in [-0.05, 0) is 81.9 Å². The molecule has 0 amide bonds. The Hall–Kier alpha value is -6.56. The molecule has 0 radical (unpaired) electrons. The van der Waals surface area contributed by atoms with Crippen LogP contribution in [0.3, 0.4) is 0 Å². The number of hydrogen-bond donors (Lipinski definition) is 0. The van der Waals surface area contributed by atoms with Gasteiger partial charge in [0.2, 0.25) is 0 Å². The maximum atomic E-state index is 6.63. The van der Waals surface area contributed by atoms with Crippen LogP contribution in [0.2, 0.25) is 0 Å². The van der Waals surface area contributed by atoms with Crippen LogP contribution in [0, 0.1) is 0 Å². The summed E-state index contributed by atoms with van der Waals surface area (Å²) in [5.74, 6) is 0. The number of aromatic nitrogens is 3. The Labute approximate surface area is 314 Å². The van der Waals surface area contributed by atoms with E-state index in [0.717, 1.165) is 39.0 Å². The van der Waals surface area contributed by atoms with Gasteiger partial charge in [0.25, 0.3) is 0 Å². The van der Waals surface area contributed by atoms with E-state index in [2.05, 4.69) is 164 Å². The molecular weight excluding hydrogens is 679 g/mol. The average molecular weight is 710 g/mol. The number of rotatable bonds is 3. The van der Waals surface area contributed by atoms with E-state index in [1.807, 2.05) is 11.3 Å². The lowest BCUT2D eigenvalue weighted by Crippen LogP contribution is -2.14. The molecule has 254 valence electrons. The molecule has 5 heteroatoms. The Balaban J connectivity index is 1.03. The first kappa shape index (κ1) is 30.0. The summed E-state index contributed by atoms with van der Waals surface area (Å²) in [6.07, 6.45) is 1.67. The van der Waals surface area contributed by atoms with Gasteiger partial charge in [-0.1, -0.05) is 111 Å². The van der Waals surface area contributed by atoms with Crippen molar-refractivity contribution in [3.8, 4) is 39.2 Å². The fourth-order valence-corrected chi connectivity index (χ4v) is 10.4. The van der Waals surface area contributed by atoms with Crippen LogP contribution in [-0.2, 0) is 5.41 Å². The Bertz CT molecular complexity index is 3380. The second kappa shape index (κ2) is 10.8. The molecule has 0 fully saturated rings. The van der Waals surface area contributed by atoms with Gasteiger partial charge in [-0.15, -0.1) is 11.3 Å². The molecule has 54 heavy (non-hydrogen) atoms. The third kappa shape index (κ3) is 4.02. The van der Waals surface area contributed by atoms with Crippen LogP contribution in [-0.4, -0.2) is 14.5 Å². The molecule has 4 nitrogen and oxygen atoms in total. The van der Waals surface area contributed by atoms with E-state index >= 15 is 0 Å². The van der Waals surface area contributed by atoms with E-state index < -0.39 is 0 Å². The van der Waals surface area contributed by atoms with Gasteiger partial charge in [-0.2, -0.15) is 0 Å². The summed E-state index contributed by atoms with van der Waals surface area (Å²) in [5.41, 5.74) is 15.2. The van der Waals surface area contributed by atoms with E-state index in [1.54, 1.807) is 6.33 Å². The lowest BCUT2D eigenvalue weighted by atomic mass is 9.82. The van der Waals surface area contributed by atoms with Crippen LogP contribution in [0.1, 0.15) is 25.0 Å². The number of benzene rings is 7. The lowest BCUT2D eigenvalue weighted by molar-refractivity contribution is 0.661. The molecule has 1 aliphatic carbocycles. The Kier molecular flexibility index (Phi) is 5.96. The van der Waals surface area contributed by atoms with Crippen molar-refractivity contribution >= 4 is 75.4 Å². The first-order chi connectivity index (χ1) is 26.5. The molecule has 0 saturated heterocycles. The van der Waals surface area contributed by atoms with Gasteiger partial charge in [-0.25, -0.2) is 9.97 Å². The van der Waals surface area contributed by atoms with Crippen LogP contribution < -0.4 is 0 Å². The maximum Gasteiger partial charge on any atom is 0.180 e. The number of fused-ring (bicyclic) bond motifs is 12. The standard InChI is InChI=1S/C49H31N3OS/c1-49(2)39-18-6-3-13-32(39)36-25-37-33-14-4-7-19-41(33)52(42(37)26-40(36)49)30-21-22-43-38(24-30)46-47(53-43)45(50-27-51-46)29-12-9-11-28(23-29)31-16-10-17-35-34-15-5-8-20-44(34)54-48(31)35/h3-27H,1-2H3. The minimum atomic E-state index is -0.0961. The van der Waals surface area contributed by atoms with Crippen molar-refractivity contribution in [3.63, 3.8) is 0 Å². The van der Waals surface area contributed by atoms with E-state index in [1.165, 1.54) is 69.8 Å². The van der Waals surface area contributed by atoms with Crippen molar-refractivity contribution in [2.75, 3.05) is 0 Å². The van der Waals surface area contributed by atoms with Crippen LogP contribution in [0.15, 0.2) is 156 Å². The van der Waals surface area contributed by atoms with Gasteiger partial charge in [0.1, 0.15) is 23.1 Å². The number of hydrogen-bond acceptors (Lipinski definition) is 4. The Morgan fingerprint density at radius 2 is 1.33 bits per heavy atom. The first-order valence-electron chi connectivity index (χ1n) is 18.4. The van der Waals surface area contributed by atoms with Crippen LogP contribution in [0.4, 0.5) is 0 Å². The summed E-state index contributed by atoms with van der Waals surface area (Å²) >= 11 is 1.85. The van der Waals surface area contributed by atoms with Gasteiger partial charge >= 0.3 is 0 Å². The fraction of sp³-hybridized carbons (Fsp3) is 0.0612. The molecule has 0 bridgehead atoms. The van der Waals surface area contributed by atoms with E-state index in [0.29, 0.717) is 5.58 Å². The van der Waals surface area contributed by atoms with Crippen LogP contribution in [0.5, 0.6) is 0 Å². The maximum absolute atomic E-state index is 6.63. The molecule has 11 aromatic rings. The fourth-order valence-electron chi connectivity index (χ4n) is 9.16. The highest BCUT2D eigenvalue weighted by atomic mass is 32.1. The molecule has 0 aliphatic heterocycles. The first-order valence-corrected chi connectivity index (χ1v) is 19.2. The topological polar surface area (TPSA) is 43.9 Å². The molecule has 4 aromatic heterocycles. The normalized spacial score (nSPS) is 13.5. The summed E-state index contributed by atoms with van der Waals surface area (Å²) in [4.78, 5) is 9.64. The zero-order valence-corrected chi connectivity index (χ0v) is 30.4. The molecular formula is C49H31N3OS. The highest BCUT2D eigenvalue weighted by Crippen LogP contribution is 2.51. The number of para-hydroxylation sites is 1. The van der Waals surface area contributed by atoms with E-state index in [9.17, 15) is 0 Å². The minimum absolute atomic E-state index is 0.0961. The van der Waals surface area contributed by atoms with Crippen molar-refractivity contribution in [3.05, 3.63) is 163 Å². The zero-order chi connectivity index (χ0) is 35.7. The molecule has 1 aliphatic rings. The van der Waals surface area contributed by atoms with Crippen LogP contribution in [0.25, 0.3) is 103 Å². The second-order valence-corrected chi connectivity index (χ2v) is 16.0. The van der Waals surface area contributed by atoms with Crippen molar-refractivity contribution in [2.24, 2.45) is 0 Å². The summed E-state index contributed by atoms with van der Waals surface area (Å²) < 4.78 is 11.6. The zero-order valence-electron chi connectivity index (χ0n) is 29.6. The summed E-state index contributed by atoms with van der Waals surface area (Å²) in [7, 11) is 0. The Morgan fingerprint density at radius 3 is 2.28 bits per heavy atom. The molecule has 12 rings (SSSR count). The van der Waals surface area contributed by atoms with Crippen LogP contribution >= 0.6 is 11.3 Å². The number of furan rings is 1. The lowest BCUT2D eigenvalue weighted by Gasteiger charge is -2.21. The minimum Gasteiger partial charge on any atom is -0.452 e. The predicted molar refractivity (Wildman–Crippen MR) is 225 cm³/mol. The highest BCUT2D eigenvalue weighted by molar-refractivity contribution is 7.26. The molecule has 7 aromatic carbocycles. The summed E-state index contributed by atoms with van der Waals surface area (Å²) in [6, 6.07) is 52.8. The van der Waals surface area contributed by atoms with Gasteiger partial charge in [-0.3, -0.25) is 0 Å². The van der Waals surface area contributed by atoms with Crippen molar-refractivity contribution < 1.29 is 4.42 Å². The highest BCUT2D eigenvalue weighted by Gasteiger charge is 2.36. The summed E-state index contributed by atoms with van der Waals surface area (Å²) in [5, 5.41) is 6.05. The molecule has 0 spiro atoms. The van der Waals surface area contributed by atoms with Gasteiger partial charge in [0.05, 0.1) is 11.0 Å². The molecule has 0 N–H and O–H groups in total. The Morgan fingerprint density at radius 1 is 0.556 bits per heavy atom. The van der Waals surface area contributed by atoms with Gasteiger partial charge < -0.3 is 8.98 Å². The molecule has 4 heterocycles. The quantitative estimate of drug-likeness (QED) is 0.183. The summed E-state index contributed by atoms with van der Waals surface area (Å²) in [6.45, 7) is 4.69. The third-order valence-electron chi connectivity index (χ3n) is 11.7. The van der Waals surface area contributed by atoms with Gasteiger partial charge in [0.15, 0.2) is 5.58 Å². The number of thiophene rings is 1. The largest absolute Gasteiger partial charge is 0.452 e. The van der Waals surface area contributed by atoms with Crippen molar-refractivity contribution in [1.29, 1.82) is 0 Å². The third-order valence-corrected chi connectivity index (χ3v) is 12.9. The SMILES string of the molecule is CC1(C)c2ccccc2-c2cc3c4ccccc4n(-c4ccc5oc6c(-c7cccc(-c8cccc9c8sc8ccccc89)c7)ncnc6c5c4)c3cc21. The average Bonchev–Trinajstić information content (AvgIpc) is 3.94. The van der Waals surface area contributed by atoms with E-state index in [4.69, 9.17) is 14.4 Å². The predicted octanol–water partition coefficient (Wildman–Crippen LogP) is 13.5. The smallest absolute Gasteiger partial charge is 0.180 e. The van der Waals surface area contributed by atoms with Gasteiger partial charge in [0, 0.05) is 53.0 Å². The molecule has 0 atom stereocenters. The second-order valence-electron chi connectivity index (χ2n) is 15.0. The van der Waals surface area contributed by atoms with Crippen molar-refractivity contribution in [1.82, 2.24) is 14.5 Å². The molecule has 0 saturated carbocycles. The van der Waals surface area contributed by atoms with E-state index in [-0.39, 0.29) is 5.41 Å². The van der Waals surface area contributed by atoms with Crippen molar-refractivity contribution in [2.45, 2.75) is 19.3 Å². The monoisotopic (exact) mass is 709 g/mol. The molecule has 0 unspecified atom stereocenters.